The highest BCUT2D eigenvalue weighted by Crippen LogP contribution is 2.24. The Balaban J connectivity index is 1.99. The number of carbonyl (C=O) groups excluding carboxylic acids is 3. The fourth-order valence-electron chi connectivity index (χ4n) is 3.96. The summed E-state index contributed by atoms with van der Waals surface area (Å²) in [7, 11) is -2.33. The minimum Gasteiger partial charge on any atom is -0.451 e. The van der Waals surface area contributed by atoms with Gasteiger partial charge in [-0.05, 0) is 50.2 Å². The highest BCUT2D eigenvalue weighted by molar-refractivity contribution is 7.89. The minimum atomic E-state index is -3.64. The van der Waals surface area contributed by atoms with E-state index in [-0.39, 0.29) is 36.4 Å². The Kier molecular flexibility index (Phi) is 14.4. The molecule has 0 aliphatic rings. The van der Waals surface area contributed by atoms with Crippen LogP contribution >= 0.6 is 0 Å². The van der Waals surface area contributed by atoms with Crippen LogP contribution in [0.15, 0.2) is 82.2 Å². The van der Waals surface area contributed by atoms with Gasteiger partial charge in [0.2, 0.25) is 22.3 Å². The third kappa shape index (κ3) is 10.8. The van der Waals surface area contributed by atoms with Gasteiger partial charge in [0.15, 0.2) is 5.76 Å². The molecule has 1 heterocycles. The third-order valence-electron chi connectivity index (χ3n) is 6.19. The number of amides is 3. The summed E-state index contributed by atoms with van der Waals surface area (Å²) in [5.74, 6) is -1.15. The topological polar surface area (TPSA) is 147 Å². The number of carbonyl (C=O) groups is 3. The van der Waals surface area contributed by atoms with Gasteiger partial charge in [0.1, 0.15) is 12.4 Å². The molecule has 0 saturated heterocycles. The molecule has 2 aromatic rings. The summed E-state index contributed by atoms with van der Waals surface area (Å²) in [6, 6.07) is 9.14. The van der Waals surface area contributed by atoms with Gasteiger partial charge in [-0.2, -0.15) is 0 Å². The number of sulfonamides is 1. The lowest BCUT2D eigenvalue weighted by Crippen LogP contribution is -2.43. The van der Waals surface area contributed by atoms with Crippen LogP contribution < -0.4 is 15.4 Å². The van der Waals surface area contributed by atoms with Crippen molar-refractivity contribution in [2.24, 2.45) is 5.92 Å². The van der Waals surface area contributed by atoms with E-state index < -0.39 is 21.8 Å². The first-order valence-electron chi connectivity index (χ1n) is 13.7. The summed E-state index contributed by atoms with van der Waals surface area (Å²) in [5.41, 5.74) is 1.29. The van der Waals surface area contributed by atoms with Crippen molar-refractivity contribution in [3.05, 3.63) is 78.6 Å². The summed E-state index contributed by atoms with van der Waals surface area (Å²) in [5, 5.41) is 6.39. The van der Waals surface area contributed by atoms with Gasteiger partial charge in [0.25, 0.3) is 5.91 Å². The van der Waals surface area contributed by atoms with E-state index in [0.29, 0.717) is 24.2 Å². The van der Waals surface area contributed by atoms with Crippen molar-refractivity contribution in [1.82, 2.24) is 20.4 Å². The molecule has 0 saturated carbocycles. The van der Waals surface area contributed by atoms with Crippen LogP contribution in [-0.2, 0) is 24.4 Å². The summed E-state index contributed by atoms with van der Waals surface area (Å²) < 4.78 is 32.1. The van der Waals surface area contributed by atoms with Crippen LogP contribution in [0.3, 0.4) is 0 Å². The number of rotatable bonds is 19. The number of nitrogens with one attached hydrogen (secondary N) is 3. The zero-order valence-corrected chi connectivity index (χ0v) is 25.1. The Labute approximate surface area is 247 Å². The molecule has 0 spiro atoms. The zero-order valence-electron chi connectivity index (χ0n) is 24.3. The van der Waals surface area contributed by atoms with E-state index in [1.165, 1.54) is 25.2 Å². The van der Waals surface area contributed by atoms with Crippen LogP contribution in [0.1, 0.15) is 50.1 Å². The van der Waals surface area contributed by atoms with E-state index in [1.807, 2.05) is 19.1 Å². The fraction of sp³-hybridized carbons (Fsp3) is 0.367. The van der Waals surface area contributed by atoms with Gasteiger partial charge in [-0.15, -0.1) is 0 Å². The summed E-state index contributed by atoms with van der Waals surface area (Å²) in [4.78, 5) is 43.0. The van der Waals surface area contributed by atoms with Crippen LogP contribution in [0.5, 0.6) is 0 Å². The number of benzene rings is 1. The van der Waals surface area contributed by atoms with Gasteiger partial charge >= 0.3 is 0 Å². The van der Waals surface area contributed by atoms with Crippen molar-refractivity contribution >= 4 is 28.2 Å². The van der Waals surface area contributed by atoms with E-state index in [4.69, 9.17) is 9.25 Å². The molecule has 12 heteroatoms. The standard InChI is InChI=1S/C30H40N4O7S/c1-5-8-9-13-25(19-34(22-35)40-20-23(11-6-2)12-7-3)29(36)32-21-33-30(37)28-17-16-27(41-28)24-14-10-15-26(18-24)42(38,39)31-4/h6-7,10-12,14-18,22,25,31H,2,5,8-9,13,19-21H2,1,3-4H3,(H,32,36)(H,33,37)/b12-7-,23-11+/t25-/m1/s1. The molecule has 0 radical (unpaired) electrons. The van der Waals surface area contributed by atoms with E-state index in [0.717, 1.165) is 29.9 Å². The van der Waals surface area contributed by atoms with E-state index in [2.05, 4.69) is 28.9 Å². The fourth-order valence-corrected chi connectivity index (χ4v) is 4.73. The van der Waals surface area contributed by atoms with E-state index in [1.54, 1.807) is 30.4 Å². The largest absolute Gasteiger partial charge is 0.451 e. The molecule has 1 aromatic carbocycles. The minimum absolute atomic E-state index is 0.00864. The number of hydrogen-bond acceptors (Lipinski definition) is 7. The molecular formula is C30H40N4O7S. The van der Waals surface area contributed by atoms with Crippen molar-refractivity contribution in [2.45, 2.75) is 44.4 Å². The van der Waals surface area contributed by atoms with E-state index >= 15 is 0 Å². The van der Waals surface area contributed by atoms with E-state index in [9.17, 15) is 22.8 Å². The molecule has 11 nitrogen and oxygen atoms in total. The molecule has 1 aromatic heterocycles. The first kappa shape index (κ1) is 34.2. The van der Waals surface area contributed by atoms with Crippen molar-refractivity contribution < 1.29 is 32.1 Å². The smallest absolute Gasteiger partial charge is 0.288 e. The lowest BCUT2D eigenvalue weighted by Gasteiger charge is -2.23. The molecule has 3 amide bonds. The molecule has 0 unspecified atom stereocenters. The SMILES string of the molecule is C=C/C=C(\C=C/C)CON(C=O)C[C@@H](CCCCC)C(=O)NCNC(=O)c1ccc(-c2cccc(S(=O)(=O)NC)c2)o1. The van der Waals surface area contributed by atoms with Gasteiger partial charge in [-0.25, -0.2) is 18.2 Å². The number of allylic oxidation sites excluding steroid dienone is 3. The summed E-state index contributed by atoms with van der Waals surface area (Å²) >= 11 is 0. The number of unbranched alkanes of at least 4 members (excludes halogenated alkanes) is 2. The van der Waals surface area contributed by atoms with Gasteiger partial charge in [0, 0.05) is 5.56 Å². The van der Waals surface area contributed by atoms with Crippen molar-refractivity contribution in [3.63, 3.8) is 0 Å². The maximum absolute atomic E-state index is 13.0. The molecule has 0 fully saturated rings. The first-order valence-corrected chi connectivity index (χ1v) is 15.2. The second-order valence-corrected chi connectivity index (χ2v) is 11.2. The Bertz CT molecular complexity index is 1370. The molecular weight excluding hydrogens is 560 g/mol. The van der Waals surface area contributed by atoms with Crippen molar-refractivity contribution in [2.75, 3.05) is 26.9 Å². The monoisotopic (exact) mass is 600 g/mol. The Morgan fingerprint density at radius 1 is 1.17 bits per heavy atom. The van der Waals surface area contributed by atoms with Gasteiger partial charge in [-0.3, -0.25) is 19.2 Å². The average molecular weight is 601 g/mol. The Hall–Kier alpha value is -4.00. The molecule has 3 N–H and O–H groups in total. The highest BCUT2D eigenvalue weighted by Gasteiger charge is 2.22. The molecule has 42 heavy (non-hydrogen) atoms. The maximum Gasteiger partial charge on any atom is 0.288 e. The average Bonchev–Trinajstić information content (AvgIpc) is 3.49. The number of hydroxylamine groups is 2. The quantitative estimate of drug-likeness (QED) is 0.0728. The first-order chi connectivity index (χ1) is 20.2. The Morgan fingerprint density at radius 3 is 2.62 bits per heavy atom. The highest BCUT2D eigenvalue weighted by atomic mass is 32.2. The summed E-state index contributed by atoms with van der Waals surface area (Å²) in [6.45, 7) is 7.62. The van der Waals surface area contributed by atoms with Crippen molar-refractivity contribution in [3.8, 4) is 11.3 Å². The van der Waals surface area contributed by atoms with Crippen LogP contribution in [0.4, 0.5) is 0 Å². The lowest BCUT2D eigenvalue weighted by molar-refractivity contribution is -0.173. The molecule has 0 aliphatic carbocycles. The molecule has 0 bridgehead atoms. The molecule has 228 valence electrons. The molecule has 1 atom stereocenters. The third-order valence-corrected chi connectivity index (χ3v) is 7.61. The predicted molar refractivity (Wildman–Crippen MR) is 160 cm³/mol. The second kappa shape index (κ2) is 17.7. The van der Waals surface area contributed by atoms with Crippen LogP contribution in [-0.4, -0.2) is 58.6 Å². The normalized spacial score (nSPS) is 12.6. The van der Waals surface area contributed by atoms with Crippen molar-refractivity contribution in [1.29, 1.82) is 0 Å². The number of furan rings is 1. The second-order valence-electron chi connectivity index (χ2n) is 9.27. The summed E-state index contributed by atoms with van der Waals surface area (Å²) in [6.07, 6.45) is 10.8. The van der Waals surface area contributed by atoms with Gasteiger partial charge in [-0.1, -0.05) is 69.2 Å². The molecule has 2 rings (SSSR count). The maximum atomic E-state index is 13.0. The van der Waals surface area contributed by atoms with Gasteiger partial charge < -0.3 is 15.1 Å². The van der Waals surface area contributed by atoms with Crippen LogP contribution in [0.25, 0.3) is 11.3 Å². The predicted octanol–water partition coefficient (Wildman–Crippen LogP) is 3.93. The van der Waals surface area contributed by atoms with Crippen LogP contribution in [0, 0.1) is 5.92 Å². The number of hydrogen-bond donors (Lipinski definition) is 3. The zero-order chi connectivity index (χ0) is 31.0. The Morgan fingerprint density at radius 2 is 1.95 bits per heavy atom. The van der Waals surface area contributed by atoms with Crippen LogP contribution in [0.2, 0.25) is 0 Å². The molecule has 0 aliphatic heterocycles. The van der Waals surface area contributed by atoms with Gasteiger partial charge in [0.05, 0.1) is 24.0 Å². The lowest BCUT2D eigenvalue weighted by atomic mass is 10.0. The number of nitrogens with zero attached hydrogens (tertiary/aromatic N) is 1.